The summed E-state index contributed by atoms with van der Waals surface area (Å²) in [5.74, 6) is 0.151. The summed E-state index contributed by atoms with van der Waals surface area (Å²) in [7, 11) is 0. The van der Waals surface area contributed by atoms with Crippen molar-refractivity contribution in [1.82, 2.24) is 29.9 Å². The predicted octanol–water partition coefficient (Wildman–Crippen LogP) is 2.74. The van der Waals surface area contributed by atoms with Crippen LogP contribution in [-0.4, -0.2) is 35.9 Å². The highest BCUT2D eigenvalue weighted by atomic mass is 32.1. The molecule has 0 unspecified atom stereocenters. The van der Waals surface area contributed by atoms with Gasteiger partial charge >= 0.3 is 0 Å². The van der Waals surface area contributed by atoms with Gasteiger partial charge in [0.05, 0.1) is 11.9 Å². The number of pyridine rings is 2. The first-order valence-electron chi connectivity index (χ1n) is 7.73. The number of hydrogen-bond donors (Lipinski definition) is 1. The molecule has 8 nitrogen and oxygen atoms in total. The van der Waals surface area contributed by atoms with Gasteiger partial charge in [0.25, 0.3) is 5.91 Å². The van der Waals surface area contributed by atoms with E-state index in [9.17, 15) is 4.79 Å². The van der Waals surface area contributed by atoms with Crippen molar-refractivity contribution in [3.63, 3.8) is 0 Å². The second-order valence-electron chi connectivity index (χ2n) is 5.38. The van der Waals surface area contributed by atoms with Crippen LogP contribution in [0.3, 0.4) is 0 Å². The van der Waals surface area contributed by atoms with Gasteiger partial charge in [0, 0.05) is 17.8 Å². The van der Waals surface area contributed by atoms with Crippen LogP contribution in [0.4, 0.5) is 5.13 Å². The molecule has 1 N–H and O–H groups in total. The van der Waals surface area contributed by atoms with Crippen LogP contribution < -0.4 is 5.32 Å². The van der Waals surface area contributed by atoms with Crippen molar-refractivity contribution in [1.29, 1.82) is 0 Å². The number of nitrogens with one attached hydrogen (secondary N) is 1. The zero-order valence-corrected chi connectivity index (χ0v) is 14.5. The molecule has 0 saturated carbocycles. The summed E-state index contributed by atoms with van der Waals surface area (Å²) in [6.07, 6.45) is 4.74. The molecule has 0 radical (unpaired) electrons. The molecule has 4 rings (SSSR count). The first-order valence-corrected chi connectivity index (χ1v) is 8.61. The SMILES string of the molecule is Cc1cccnc1-c1csc(NC(=O)c2cnnn2-c2ccccn2)n1. The van der Waals surface area contributed by atoms with Crippen LogP contribution in [0.25, 0.3) is 17.2 Å². The Morgan fingerprint density at radius 1 is 1.15 bits per heavy atom. The van der Waals surface area contributed by atoms with E-state index in [-0.39, 0.29) is 11.6 Å². The van der Waals surface area contributed by atoms with Crippen LogP contribution in [0.15, 0.2) is 54.3 Å². The highest BCUT2D eigenvalue weighted by Crippen LogP contribution is 2.25. The van der Waals surface area contributed by atoms with Gasteiger partial charge < -0.3 is 0 Å². The molecule has 0 atom stereocenters. The quantitative estimate of drug-likeness (QED) is 0.599. The van der Waals surface area contributed by atoms with Crippen molar-refractivity contribution in [3.8, 4) is 17.2 Å². The summed E-state index contributed by atoms with van der Waals surface area (Å²) in [5.41, 5.74) is 2.81. The van der Waals surface area contributed by atoms with Gasteiger partial charge in [-0.1, -0.05) is 17.3 Å². The maximum atomic E-state index is 12.6. The molecule has 0 aliphatic rings. The fourth-order valence-electron chi connectivity index (χ4n) is 2.39. The Labute approximate surface area is 152 Å². The van der Waals surface area contributed by atoms with Crippen LogP contribution in [0, 0.1) is 6.92 Å². The minimum absolute atomic E-state index is 0.273. The van der Waals surface area contributed by atoms with Crippen LogP contribution in [-0.2, 0) is 0 Å². The van der Waals surface area contributed by atoms with Gasteiger partial charge in [-0.25, -0.2) is 9.97 Å². The molecule has 0 fully saturated rings. The van der Waals surface area contributed by atoms with Gasteiger partial charge in [-0.15, -0.1) is 16.4 Å². The number of rotatable bonds is 4. The minimum Gasteiger partial charge on any atom is -0.296 e. The molecule has 0 aromatic carbocycles. The maximum Gasteiger partial charge on any atom is 0.277 e. The lowest BCUT2D eigenvalue weighted by Crippen LogP contribution is -2.17. The zero-order valence-electron chi connectivity index (χ0n) is 13.7. The van der Waals surface area contributed by atoms with E-state index in [1.54, 1.807) is 24.5 Å². The number of amides is 1. The second-order valence-corrected chi connectivity index (χ2v) is 6.24. The van der Waals surface area contributed by atoms with E-state index in [2.05, 4.69) is 30.6 Å². The smallest absolute Gasteiger partial charge is 0.277 e. The number of thiazole rings is 1. The Morgan fingerprint density at radius 3 is 2.85 bits per heavy atom. The average Bonchev–Trinajstić information content (AvgIpc) is 3.32. The lowest BCUT2D eigenvalue weighted by atomic mass is 10.2. The molecule has 9 heteroatoms. The number of hydrogen-bond acceptors (Lipinski definition) is 7. The summed E-state index contributed by atoms with van der Waals surface area (Å²) >= 11 is 1.33. The first-order chi connectivity index (χ1) is 12.7. The Balaban J connectivity index is 1.57. The van der Waals surface area contributed by atoms with E-state index in [0.717, 1.165) is 17.0 Å². The van der Waals surface area contributed by atoms with Crippen LogP contribution in [0.5, 0.6) is 0 Å². The molecule has 0 spiro atoms. The Morgan fingerprint density at radius 2 is 2.04 bits per heavy atom. The summed E-state index contributed by atoms with van der Waals surface area (Å²) in [6.45, 7) is 1.97. The topological polar surface area (TPSA) is 98.5 Å². The summed E-state index contributed by atoms with van der Waals surface area (Å²) in [6, 6.07) is 9.19. The molecule has 0 saturated heterocycles. The maximum absolute atomic E-state index is 12.6. The average molecular weight is 363 g/mol. The van der Waals surface area contributed by atoms with Gasteiger partial charge in [0.1, 0.15) is 5.69 Å². The first kappa shape index (κ1) is 16.0. The Kier molecular flexibility index (Phi) is 4.20. The fourth-order valence-corrected chi connectivity index (χ4v) is 3.08. The van der Waals surface area contributed by atoms with E-state index in [1.165, 1.54) is 22.2 Å². The third-order valence-corrected chi connectivity index (χ3v) is 4.38. The molecule has 4 heterocycles. The number of carbonyl (C=O) groups excluding carboxylic acids is 1. The van der Waals surface area contributed by atoms with E-state index >= 15 is 0 Å². The zero-order chi connectivity index (χ0) is 17.9. The number of nitrogens with zero attached hydrogens (tertiary/aromatic N) is 6. The minimum atomic E-state index is -0.362. The normalized spacial score (nSPS) is 10.7. The molecule has 0 bridgehead atoms. The highest BCUT2D eigenvalue weighted by Gasteiger charge is 2.17. The third kappa shape index (κ3) is 3.07. The van der Waals surface area contributed by atoms with Crippen LogP contribution in [0.2, 0.25) is 0 Å². The van der Waals surface area contributed by atoms with Crippen molar-refractivity contribution in [2.75, 3.05) is 5.32 Å². The molecule has 4 aromatic heterocycles. The fraction of sp³-hybridized carbons (Fsp3) is 0.0588. The van der Waals surface area contributed by atoms with Gasteiger partial charge in [-0.3, -0.25) is 15.1 Å². The van der Waals surface area contributed by atoms with Crippen molar-refractivity contribution < 1.29 is 4.79 Å². The molecule has 128 valence electrons. The molecule has 1 amide bonds. The number of carbonyl (C=O) groups is 1. The second kappa shape index (κ2) is 6.81. The van der Waals surface area contributed by atoms with Gasteiger partial charge in [-0.2, -0.15) is 4.68 Å². The van der Waals surface area contributed by atoms with Gasteiger partial charge in [0.15, 0.2) is 16.6 Å². The van der Waals surface area contributed by atoms with E-state index in [0.29, 0.717) is 10.9 Å². The number of aryl methyl sites for hydroxylation is 1. The van der Waals surface area contributed by atoms with Crippen molar-refractivity contribution in [2.45, 2.75) is 6.92 Å². The van der Waals surface area contributed by atoms with Crippen molar-refractivity contribution in [3.05, 3.63) is 65.6 Å². The predicted molar refractivity (Wildman–Crippen MR) is 97.2 cm³/mol. The monoisotopic (exact) mass is 363 g/mol. The van der Waals surface area contributed by atoms with Gasteiger partial charge in [-0.05, 0) is 30.7 Å². The molecule has 26 heavy (non-hydrogen) atoms. The van der Waals surface area contributed by atoms with E-state index < -0.39 is 0 Å². The van der Waals surface area contributed by atoms with Crippen LogP contribution in [0.1, 0.15) is 16.1 Å². The molecule has 4 aromatic rings. The lowest BCUT2D eigenvalue weighted by molar-refractivity contribution is 0.101. The summed E-state index contributed by atoms with van der Waals surface area (Å²) < 4.78 is 1.38. The highest BCUT2D eigenvalue weighted by molar-refractivity contribution is 7.14. The Bertz CT molecular complexity index is 1060. The molecular formula is C17H13N7OS. The Hall–Kier alpha value is -3.46. The summed E-state index contributed by atoms with van der Waals surface area (Å²) in [4.78, 5) is 25.6. The summed E-state index contributed by atoms with van der Waals surface area (Å²) in [5, 5.41) is 12.9. The van der Waals surface area contributed by atoms with E-state index in [4.69, 9.17) is 0 Å². The van der Waals surface area contributed by atoms with Crippen LogP contribution >= 0.6 is 11.3 Å². The van der Waals surface area contributed by atoms with Crippen molar-refractivity contribution >= 4 is 22.4 Å². The lowest BCUT2D eigenvalue weighted by Gasteiger charge is -2.04. The van der Waals surface area contributed by atoms with Gasteiger partial charge in [0.2, 0.25) is 0 Å². The standard InChI is InChI=1S/C17H13N7OS/c1-11-5-4-8-19-15(11)12-10-26-17(21-12)22-16(25)13-9-20-23-24(13)14-6-2-3-7-18-14/h2-10H,1H3,(H,21,22,25). The third-order valence-electron chi connectivity index (χ3n) is 3.62. The molecule has 0 aliphatic carbocycles. The van der Waals surface area contributed by atoms with E-state index in [1.807, 2.05) is 30.5 Å². The largest absolute Gasteiger partial charge is 0.296 e. The molecular weight excluding hydrogens is 350 g/mol. The number of aromatic nitrogens is 6. The molecule has 0 aliphatic heterocycles. The van der Waals surface area contributed by atoms with Crippen molar-refractivity contribution in [2.24, 2.45) is 0 Å². The number of anilines is 1.